The van der Waals surface area contributed by atoms with Crippen molar-refractivity contribution in [2.24, 2.45) is 5.41 Å². The molecule has 3 rings (SSSR count). The van der Waals surface area contributed by atoms with Gasteiger partial charge in [0.1, 0.15) is 6.61 Å². The Morgan fingerprint density at radius 2 is 1.73 bits per heavy atom. The zero-order valence-corrected chi connectivity index (χ0v) is 25.8. The Balaban J connectivity index is 1.70. The van der Waals surface area contributed by atoms with Crippen LogP contribution in [0.15, 0.2) is 54.6 Å². The van der Waals surface area contributed by atoms with Crippen LogP contribution >= 0.6 is 11.8 Å². The van der Waals surface area contributed by atoms with Crippen LogP contribution in [0.5, 0.6) is 0 Å². The van der Waals surface area contributed by atoms with Crippen molar-refractivity contribution in [3.63, 3.8) is 0 Å². The molecule has 1 aliphatic heterocycles. The first-order valence-corrected chi connectivity index (χ1v) is 15.4. The summed E-state index contributed by atoms with van der Waals surface area (Å²) in [5.74, 6) is 0.246. The molecule has 0 bridgehead atoms. The summed E-state index contributed by atoms with van der Waals surface area (Å²) in [6, 6.07) is 18.0. The van der Waals surface area contributed by atoms with Crippen LogP contribution < -0.4 is 0 Å². The van der Waals surface area contributed by atoms with E-state index in [4.69, 9.17) is 18.9 Å². The van der Waals surface area contributed by atoms with Gasteiger partial charge < -0.3 is 18.9 Å². The van der Waals surface area contributed by atoms with Crippen molar-refractivity contribution in [2.75, 3.05) is 24.7 Å². The molecule has 0 aromatic heterocycles. The molecule has 2 unspecified atom stereocenters. The second kappa shape index (κ2) is 14.5. The molecule has 1 aliphatic rings. The van der Waals surface area contributed by atoms with Crippen LogP contribution in [-0.2, 0) is 47.0 Å². The first-order valence-electron chi connectivity index (χ1n) is 14.3. The highest BCUT2D eigenvalue weighted by atomic mass is 32.2. The van der Waals surface area contributed by atoms with Crippen molar-refractivity contribution in [2.45, 2.75) is 91.1 Å². The van der Waals surface area contributed by atoms with Gasteiger partial charge in [-0.2, -0.15) is 0 Å². The molecular weight excluding hydrogens is 524 g/mol. The number of hydrogen-bond acceptors (Lipinski definition) is 7. The van der Waals surface area contributed by atoms with Crippen LogP contribution in [0.25, 0.3) is 0 Å². The van der Waals surface area contributed by atoms with Crippen LogP contribution in [0.3, 0.4) is 0 Å². The van der Waals surface area contributed by atoms with Crippen molar-refractivity contribution >= 4 is 23.7 Å². The number of thioether (sulfide) groups is 1. The minimum Gasteiger partial charge on any atom is -0.465 e. The molecule has 0 saturated carbocycles. The number of carbonyl (C=O) groups excluding carboxylic acids is 2. The van der Waals surface area contributed by atoms with Crippen molar-refractivity contribution in [1.29, 1.82) is 0 Å². The molecule has 220 valence electrons. The molecule has 40 heavy (non-hydrogen) atoms. The number of benzene rings is 2. The lowest BCUT2D eigenvalue weighted by Crippen LogP contribution is -2.35. The summed E-state index contributed by atoms with van der Waals surface area (Å²) in [7, 11) is 0. The fourth-order valence-corrected chi connectivity index (χ4v) is 6.07. The van der Waals surface area contributed by atoms with Gasteiger partial charge in [-0.25, -0.2) is 0 Å². The Bertz CT molecular complexity index is 1100. The summed E-state index contributed by atoms with van der Waals surface area (Å²) in [5, 5.41) is 0. The van der Waals surface area contributed by atoms with Gasteiger partial charge >= 0.3 is 11.9 Å². The molecule has 2 atom stereocenters. The third kappa shape index (κ3) is 9.93. The average molecular weight is 571 g/mol. The van der Waals surface area contributed by atoms with Crippen LogP contribution in [0.2, 0.25) is 0 Å². The lowest BCUT2D eigenvalue weighted by Gasteiger charge is -2.31. The number of carbonyl (C=O) groups is 2. The molecule has 0 amide bonds. The Morgan fingerprint density at radius 1 is 1.00 bits per heavy atom. The molecule has 0 aliphatic carbocycles. The van der Waals surface area contributed by atoms with Gasteiger partial charge in [0.2, 0.25) is 0 Å². The van der Waals surface area contributed by atoms with E-state index in [1.165, 1.54) is 0 Å². The summed E-state index contributed by atoms with van der Waals surface area (Å²) in [5.41, 5.74) is 2.25. The highest BCUT2D eigenvalue weighted by Crippen LogP contribution is 2.36. The third-order valence-electron chi connectivity index (χ3n) is 7.31. The molecule has 0 spiro atoms. The Hall–Kier alpha value is -2.35. The quantitative estimate of drug-likeness (QED) is 0.216. The zero-order valence-electron chi connectivity index (χ0n) is 25.0. The van der Waals surface area contributed by atoms with Crippen LogP contribution in [0.1, 0.15) is 77.5 Å². The lowest BCUT2D eigenvalue weighted by atomic mass is 9.75. The van der Waals surface area contributed by atoms with Gasteiger partial charge in [0.25, 0.3) is 0 Å². The van der Waals surface area contributed by atoms with Crippen molar-refractivity contribution < 1.29 is 28.5 Å². The van der Waals surface area contributed by atoms with Crippen LogP contribution in [0.4, 0.5) is 0 Å². The van der Waals surface area contributed by atoms with E-state index >= 15 is 0 Å². The largest absolute Gasteiger partial charge is 0.465 e. The third-order valence-corrected chi connectivity index (χ3v) is 8.73. The summed E-state index contributed by atoms with van der Waals surface area (Å²) in [6.45, 7) is 13.3. The maximum Gasteiger partial charge on any atom is 0.316 e. The Morgan fingerprint density at radius 3 is 2.40 bits per heavy atom. The molecule has 0 N–H and O–H groups in total. The predicted octanol–water partition coefficient (Wildman–Crippen LogP) is 6.87. The second-order valence-corrected chi connectivity index (χ2v) is 13.1. The molecule has 6 nitrogen and oxygen atoms in total. The topological polar surface area (TPSA) is 71.1 Å². The fraction of sp³-hybridized carbons (Fsp3) is 0.576. The maximum absolute atomic E-state index is 13.7. The molecule has 2 aromatic rings. The van der Waals surface area contributed by atoms with E-state index in [1.807, 2.05) is 70.2 Å². The van der Waals surface area contributed by atoms with E-state index in [1.54, 1.807) is 11.8 Å². The lowest BCUT2D eigenvalue weighted by molar-refractivity contribution is -0.152. The van der Waals surface area contributed by atoms with Gasteiger partial charge in [-0.1, -0.05) is 74.9 Å². The first kappa shape index (κ1) is 32.2. The van der Waals surface area contributed by atoms with E-state index in [0.717, 1.165) is 41.7 Å². The molecule has 1 saturated heterocycles. The van der Waals surface area contributed by atoms with Gasteiger partial charge in [-0.05, 0) is 68.4 Å². The molecule has 2 aromatic carbocycles. The monoisotopic (exact) mass is 570 g/mol. The van der Waals surface area contributed by atoms with Gasteiger partial charge in [0, 0.05) is 6.42 Å². The summed E-state index contributed by atoms with van der Waals surface area (Å²) in [4.78, 5) is 25.5. The molecule has 7 heteroatoms. The second-order valence-electron chi connectivity index (χ2n) is 12.1. The van der Waals surface area contributed by atoms with Crippen LogP contribution in [0, 0.1) is 5.41 Å². The van der Waals surface area contributed by atoms with Crippen LogP contribution in [-0.4, -0.2) is 48.5 Å². The molecule has 0 radical (unpaired) electrons. The van der Waals surface area contributed by atoms with Gasteiger partial charge in [0.15, 0.2) is 5.79 Å². The number of rotatable bonds is 15. The van der Waals surface area contributed by atoms with E-state index in [9.17, 15) is 9.59 Å². The summed E-state index contributed by atoms with van der Waals surface area (Å²) < 4.78 is 22.7. The molecule has 1 fully saturated rings. The number of hydrogen-bond donors (Lipinski definition) is 0. The number of ether oxygens (including phenoxy) is 4. The van der Waals surface area contributed by atoms with Gasteiger partial charge in [-0.15, -0.1) is 11.8 Å². The van der Waals surface area contributed by atoms with E-state index < -0.39 is 11.2 Å². The fourth-order valence-electron chi connectivity index (χ4n) is 5.02. The average Bonchev–Trinajstić information content (AvgIpc) is 3.25. The smallest absolute Gasteiger partial charge is 0.316 e. The molecular formula is C33H46O6S. The predicted molar refractivity (Wildman–Crippen MR) is 160 cm³/mol. The minimum absolute atomic E-state index is 0.0144. The van der Waals surface area contributed by atoms with Gasteiger partial charge in [-0.3, -0.25) is 9.59 Å². The van der Waals surface area contributed by atoms with Crippen molar-refractivity contribution in [3.8, 4) is 0 Å². The SMILES string of the molecule is CCOC(=O)CSCC(C)(C)CCCC(C)(C(=O)OCc1ccccc1)c1cccc(CC2COC(C)(C)O2)c1. The van der Waals surface area contributed by atoms with E-state index in [-0.39, 0.29) is 30.1 Å². The summed E-state index contributed by atoms with van der Waals surface area (Å²) in [6.07, 6.45) is 3.13. The van der Waals surface area contributed by atoms with Crippen molar-refractivity contribution in [3.05, 3.63) is 71.3 Å². The molecule has 1 heterocycles. The minimum atomic E-state index is -0.800. The zero-order chi connectivity index (χ0) is 29.2. The standard InChI is InChI=1S/C33H46O6S/c1-7-36-29(34)23-40-24-31(2,3)17-12-18-33(6,30(35)37-21-25-13-9-8-10-14-25)27-16-11-15-26(19-27)20-28-22-38-32(4,5)39-28/h8-11,13-16,19,28H,7,12,17-18,20-24H2,1-6H3. The van der Waals surface area contributed by atoms with E-state index in [2.05, 4.69) is 26.0 Å². The van der Waals surface area contributed by atoms with Crippen molar-refractivity contribution in [1.82, 2.24) is 0 Å². The summed E-state index contributed by atoms with van der Waals surface area (Å²) >= 11 is 1.60. The van der Waals surface area contributed by atoms with E-state index in [0.29, 0.717) is 25.4 Å². The Kier molecular flexibility index (Phi) is 11.7. The first-order chi connectivity index (χ1) is 18.9. The normalized spacial score (nSPS) is 18.2. The number of esters is 2. The highest BCUT2D eigenvalue weighted by Gasteiger charge is 2.38. The maximum atomic E-state index is 13.7. The van der Waals surface area contributed by atoms with Gasteiger partial charge in [0.05, 0.1) is 30.5 Å². The highest BCUT2D eigenvalue weighted by molar-refractivity contribution is 7.99. The Labute approximate surface area is 244 Å².